The minimum Gasteiger partial charge on any atom is -0.368 e. The lowest BCUT2D eigenvalue weighted by Gasteiger charge is -2.34. The maximum absolute atomic E-state index is 12.7. The number of rotatable bonds is 7. The summed E-state index contributed by atoms with van der Waals surface area (Å²) in [5.41, 5.74) is 5.91. The molecule has 1 atom stereocenters. The molecule has 25 heavy (non-hydrogen) atoms. The van der Waals surface area contributed by atoms with Crippen LogP contribution in [0, 0.1) is 5.92 Å². The van der Waals surface area contributed by atoms with E-state index >= 15 is 0 Å². The number of piperidine rings is 1. The molecule has 2 rings (SSSR count). The van der Waals surface area contributed by atoms with Crippen molar-refractivity contribution in [2.24, 2.45) is 5.92 Å². The maximum Gasteiger partial charge on any atom is 0.231 e. The van der Waals surface area contributed by atoms with Crippen LogP contribution in [0.1, 0.15) is 40.5 Å². The third-order valence-corrected chi connectivity index (χ3v) is 4.80. The van der Waals surface area contributed by atoms with E-state index in [1.807, 2.05) is 23.6 Å². The summed E-state index contributed by atoms with van der Waals surface area (Å²) >= 11 is 0. The van der Waals surface area contributed by atoms with Crippen LogP contribution in [0.4, 0.5) is 17.8 Å². The lowest BCUT2D eigenvalue weighted by Crippen LogP contribution is -2.45. The molecule has 140 valence electrons. The van der Waals surface area contributed by atoms with E-state index in [1.54, 1.807) is 0 Å². The summed E-state index contributed by atoms with van der Waals surface area (Å²) < 4.78 is 0. The molecule has 1 amide bonds. The summed E-state index contributed by atoms with van der Waals surface area (Å²) in [6, 6.07) is 0. The van der Waals surface area contributed by atoms with E-state index in [9.17, 15) is 4.79 Å². The Labute approximate surface area is 150 Å². The van der Waals surface area contributed by atoms with Gasteiger partial charge in [-0.3, -0.25) is 4.79 Å². The van der Waals surface area contributed by atoms with Crippen molar-refractivity contribution < 1.29 is 4.79 Å². The summed E-state index contributed by atoms with van der Waals surface area (Å²) in [5, 5.41) is 0. The molecule has 1 aromatic rings. The van der Waals surface area contributed by atoms with Gasteiger partial charge >= 0.3 is 0 Å². The van der Waals surface area contributed by atoms with Gasteiger partial charge in [0.2, 0.25) is 23.8 Å². The molecule has 8 nitrogen and oxygen atoms in total. The number of hydrogen-bond donors (Lipinski definition) is 1. The number of carbonyl (C=O) groups excluding carboxylic acids is 1. The van der Waals surface area contributed by atoms with Gasteiger partial charge in [0, 0.05) is 39.3 Å². The van der Waals surface area contributed by atoms with Crippen molar-refractivity contribution in [1.29, 1.82) is 0 Å². The first kappa shape index (κ1) is 19.2. The molecule has 0 bridgehead atoms. The average molecular weight is 349 g/mol. The van der Waals surface area contributed by atoms with Crippen LogP contribution in [-0.2, 0) is 4.79 Å². The molecule has 1 aliphatic heterocycles. The van der Waals surface area contributed by atoms with Crippen molar-refractivity contribution in [2.75, 3.05) is 54.8 Å². The molecule has 2 N–H and O–H groups in total. The Bertz CT molecular complexity index is 572. The van der Waals surface area contributed by atoms with Gasteiger partial charge in [-0.1, -0.05) is 0 Å². The van der Waals surface area contributed by atoms with Gasteiger partial charge in [-0.25, -0.2) is 0 Å². The molecule has 1 fully saturated rings. The molecule has 0 aliphatic carbocycles. The quantitative estimate of drug-likeness (QED) is 0.795. The second kappa shape index (κ2) is 8.82. The summed E-state index contributed by atoms with van der Waals surface area (Å²) in [7, 11) is 0. The fourth-order valence-corrected chi connectivity index (χ4v) is 3.31. The number of aromatic nitrogens is 3. The Kier molecular flexibility index (Phi) is 6.78. The van der Waals surface area contributed by atoms with Gasteiger partial charge in [0.05, 0.1) is 5.92 Å². The van der Waals surface area contributed by atoms with Gasteiger partial charge in [-0.15, -0.1) is 0 Å². The van der Waals surface area contributed by atoms with Crippen molar-refractivity contribution >= 4 is 23.8 Å². The Balaban J connectivity index is 2.19. The number of nitrogen functional groups attached to an aromatic ring is 1. The zero-order chi connectivity index (χ0) is 18.4. The fourth-order valence-electron chi connectivity index (χ4n) is 3.31. The number of hydrogen-bond acceptors (Lipinski definition) is 7. The van der Waals surface area contributed by atoms with Crippen molar-refractivity contribution in [3.05, 3.63) is 0 Å². The van der Waals surface area contributed by atoms with Crippen LogP contribution in [0.2, 0.25) is 0 Å². The van der Waals surface area contributed by atoms with Crippen LogP contribution in [0.3, 0.4) is 0 Å². The van der Waals surface area contributed by atoms with Gasteiger partial charge in [0.15, 0.2) is 0 Å². The number of anilines is 3. The van der Waals surface area contributed by atoms with E-state index in [-0.39, 0.29) is 17.8 Å². The Hall–Kier alpha value is -2.12. The SMILES string of the molecule is CCN(CC)C(=O)C1CCCN(c2nc(N)nc(N(CC)CC)n2)C1. The van der Waals surface area contributed by atoms with Gasteiger partial charge < -0.3 is 20.4 Å². The highest BCUT2D eigenvalue weighted by molar-refractivity contribution is 5.79. The molecule has 1 aliphatic rings. The number of amides is 1. The fraction of sp³-hybridized carbons (Fsp3) is 0.765. The Morgan fingerprint density at radius 2 is 1.80 bits per heavy atom. The van der Waals surface area contributed by atoms with Crippen LogP contribution in [0.25, 0.3) is 0 Å². The smallest absolute Gasteiger partial charge is 0.231 e. The molecule has 0 saturated carbocycles. The first-order valence-corrected chi connectivity index (χ1v) is 9.34. The number of carbonyl (C=O) groups is 1. The molecule has 1 aromatic heterocycles. The normalized spacial score (nSPS) is 17.4. The standard InChI is InChI=1S/C17H31N7O/c1-5-22(6-2)14(25)13-10-9-11-24(12-13)17-20-15(18)19-16(21-17)23(7-3)8-4/h13H,5-12H2,1-4H3,(H2,18,19,20,21). The van der Waals surface area contributed by atoms with E-state index in [1.165, 1.54) is 0 Å². The summed E-state index contributed by atoms with van der Waals surface area (Å²) in [6.07, 6.45) is 1.86. The lowest BCUT2D eigenvalue weighted by atomic mass is 9.96. The van der Waals surface area contributed by atoms with Gasteiger partial charge in [0.1, 0.15) is 0 Å². The second-order valence-corrected chi connectivity index (χ2v) is 6.26. The highest BCUT2D eigenvalue weighted by atomic mass is 16.2. The van der Waals surface area contributed by atoms with Crippen molar-refractivity contribution in [3.8, 4) is 0 Å². The molecule has 2 heterocycles. The zero-order valence-corrected chi connectivity index (χ0v) is 15.9. The maximum atomic E-state index is 12.7. The highest BCUT2D eigenvalue weighted by Gasteiger charge is 2.30. The summed E-state index contributed by atoms with van der Waals surface area (Å²) in [4.78, 5) is 31.9. The van der Waals surface area contributed by atoms with Crippen molar-refractivity contribution in [2.45, 2.75) is 40.5 Å². The third kappa shape index (κ3) is 4.49. The summed E-state index contributed by atoms with van der Waals surface area (Å²) in [5.74, 6) is 1.62. The van der Waals surface area contributed by atoms with E-state index in [0.717, 1.165) is 45.6 Å². The first-order chi connectivity index (χ1) is 12.0. The predicted molar refractivity (Wildman–Crippen MR) is 101 cm³/mol. The molecular weight excluding hydrogens is 318 g/mol. The minimum atomic E-state index is -0.0106. The zero-order valence-electron chi connectivity index (χ0n) is 15.9. The second-order valence-electron chi connectivity index (χ2n) is 6.26. The van der Waals surface area contributed by atoms with Crippen LogP contribution >= 0.6 is 0 Å². The van der Waals surface area contributed by atoms with Crippen LogP contribution in [-0.4, -0.2) is 65.0 Å². The van der Waals surface area contributed by atoms with Crippen molar-refractivity contribution in [1.82, 2.24) is 19.9 Å². The van der Waals surface area contributed by atoms with Gasteiger partial charge in [0.25, 0.3) is 0 Å². The Morgan fingerprint density at radius 3 is 2.40 bits per heavy atom. The summed E-state index contributed by atoms with van der Waals surface area (Å²) in [6.45, 7) is 12.7. The van der Waals surface area contributed by atoms with Crippen LogP contribution in [0.5, 0.6) is 0 Å². The molecule has 0 radical (unpaired) electrons. The van der Waals surface area contributed by atoms with Crippen LogP contribution in [0.15, 0.2) is 0 Å². The molecular formula is C17H31N7O. The Morgan fingerprint density at radius 1 is 1.12 bits per heavy atom. The topological polar surface area (TPSA) is 91.5 Å². The van der Waals surface area contributed by atoms with E-state index in [4.69, 9.17) is 5.73 Å². The van der Waals surface area contributed by atoms with E-state index < -0.39 is 0 Å². The monoisotopic (exact) mass is 349 g/mol. The average Bonchev–Trinajstić information content (AvgIpc) is 2.63. The predicted octanol–water partition coefficient (Wildman–Crippen LogP) is 1.38. The highest BCUT2D eigenvalue weighted by Crippen LogP contribution is 2.24. The lowest BCUT2D eigenvalue weighted by molar-refractivity contribution is -0.135. The van der Waals surface area contributed by atoms with Crippen LogP contribution < -0.4 is 15.5 Å². The van der Waals surface area contributed by atoms with Gasteiger partial charge in [-0.2, -0.15) is 15.0 Å². The molecule has 1 unspecified atom stereocenters. The molecule has 8 heteroatoms. The van der Waals surface area contributed by atoms with E-state index in [2.05, 4.69) is 33.7 Å². The molecule has 0 spiro atoms. The van der Waals surface area contributed by atoms with E-state index in [0.29, 0.717) is 18.4 Å². The number of nitrogens with two attached hydrogens (primary N) is 1. The first-order valence-electron chi connectivity index (χ1n) is 9.34. The molecule has 1 saturated heterocycles. The van der Waals surface area contributed by atoms with Crippen molar-refractivity contribution in [3.63, 3.8) is 0 Å². The van der Waals surface area contributed by atoms with Gasteiger partial charge in [-0.05, 0) is 40.5 Å². The largest absolute Gasteiger partial charge is 0.368 e. The number of nitrogens with zero attached hydrogens (tertiary/aromatic N) is 6. The third-order valence-electron chi connectivity index (χ3n) is 4.80. The minimum absolute atomic E-state index is 0.0106. The molecule has 0 aromatic carbocycles.